The molecular formula is C10H9FN2O2. The van der Waals surface area contributed by atoms with Gasteiger partial charge in [0, 0.05) is 11.6 Å². The van der Waals surface area contributed by atoms with E-state index >= 15 is 0 Å². The SMILES string of the molecule is Cc1cc(O)c(-c2cc(N)on2)cc1F. The van der Waals surface area contributed by atoms with Gasteiger partial charge in [-0.05, 0) is 24.6 Å². The van der Waals surface area contributed by atoms with Crippen LogP contribution in [0.3, 0.4) is 0 Å². The molecule has 0 atom stereocenters. The summed E-state index contributed by atoms with van der Waals surface area (Å²) in [6.45, 7) is 1.57. The van der Waals surface area contributed by atoms with Crippen LogP contribution < -0.4 is 5.73 Å². The first-order chi connectivity index (χ1) is 7.08. The number of aromatic hydroxyl groups is 1. The molecule has 1 aromatic carbocycles. The van der Waals surface area contributed by atoms with Crippen LogP contribution in [0.4, 0.5) is 10.3 Å². The van der Waals surface area contributed by atoms with Gasteiger partial charge in [-0.15, -0.1) is 0 Å². The minimum Gasteiger partial charge on any atom is -0.507 e. The molecule has 15 heavy (non-hydrogen) atoms. The minimum absolute atomic E-state index is 0.0535. The summed E-state index contributed by atoms with van der Waals surface area (Å²) >= 11 is 0. The third kappa shape index (κ3) is 1.63. The van der Waals surface area contributed by atoms with Gasteiger partial charge in [0.1, 0.15) is 17.3 Å². The lowest BCUT2D eigenvalue weighted by Gasteiger charge is -2.02. The highest BCUT2D eigenvalue weighted by Gasteiger charge is 2.12. The molecule has 78 valence electrons. The number of rotatable bonds is 1. The average molecular weight is 208 g/mol. The summed E-state index contributed by atoms with van der Waals surface area (Å²) in [4.78, 5) is 0. The molecule has 0 radical (unpaired) electrons. The highest BCUT2D eigenvalue weighted by atomic mass is 19.1. The summed E-state index contributed by atoms with van der Waals surface area (Å²) in [7, 11) is 0. The molecule has 2 rings (SSSR count). The fourth-order valence-electron chi connectivity index (χ4n) is 1.29. The maximum atomic E-state index is 13.3. The van der Waals surface area contributed by atoms with Gasteiger partial charge in [0.2, 0.25) is 5.88 Å². The van der Waals surface area contributed by atoms with Gasteiger partial charge in [0.15, 0.2) is 0 Å². The zero-order chi connectivity index (χ0) is 11.0. The molecule has 0 aliphatic heterocycles. The van der Waals surface area contributed by atoms with Crippen molar-refractivity contribution in [2.45, 2.75) is 6.92 Å². The van der Waals surface area contributed by atoms with Gasteiger partial charge in [-0.25, -0.2) is 4.39 Å². The quantitative estimate of drug-likeness (QED) is 0.752. The number of phenols is 1. The van der Waals surface area contributed by atoms with E-state index in [0.29, 0.717) is 11.3 Å². The monoisotopic (exact) mass is 208 g/mol. The van der Waals surface area contributed by atoms with E-state index in [9.17, 15) is 9.50 Å². The van der Waals surface area contributed by atoms with Crippen molar-refractivity contribution >= 4 is 5.88 Å². The van der Waals surface area contributed by atoms with Crippen molar-refractivity contribution < 1.29 is 14.0 Å². The van der Waals surface area contributed by atoms with Crippen LogP contribution in [0.2, 0.25) is 0 Å². The first kappa shape index (κ1) is 9.51. The number of halogens is 1. The highest BCUT2D eigenvalue weighted by molar-refractivity contribution is 5.68. The van der Waals surface area contributed by atoms with Gasteiger partial charge in [-0.3, -0.25) is 0 Å². The van der Waals surface area contributed by atoms with Crippen molar-refractivity contribution in [3.63, 3.8) is 0 Å². The zero-order valence-electron chi connectivity index (χ0n) is 7.99. The topological polar surface area (TPSA) is 72.3 Å². The number of benzene rings is 1. The van der Waals surface area contributed by atoms with Crippen molar-refractivity contribution in [1.82, 2.24) is 5.16 Å². The Morgan fingerprint density at radius 2 is 2.13 bits per heavy atom. The van der Waals surface area contributed by atoms with Crippen LogP contribution in [0.1, 0.15) is 5.56 Å². The van der Waals surface area contributed by atoms with Gasteiger partial charge in [-0.2, -0.15) is 0 Å². The van der Waals surface area contributed by atoms with Crippen molar-refractivity contribution in [1.29, 1.82) is 0 Å². The number of nitrogens with two attached hydrogens (primary N) is 1. The highest BCUT2D eigenvalue weighted by Crippen LogP contribution is 2.31. The Balaban J connectivity index is 2.58. The number of nitrogens with zero attached hydrogens (tertiary/aromatic N) is 1. The average Bonchev–Trinajstić information content (AvgIpc) is 2.58. The molecule has 1 aromatic heterocycles. The van der Waals surface area contributed by atoms with Crippen molar-refractivity contribution in [2.24, 2.45) is 0 Å². The number of anilines is 1. The second-order valence-electron chi connectivity index (χ2n) is 3.23. The summed E-state index contributed by atoms with van der Waals surface area (Å²) in [6.07, 6.45) is 0. The zero-order valence-corrected chi connectivity index (χ0v) is 7.99. The van der Waals surface area contributed by atoms with Gasteiger partial charge >= 0.3 is 0 Å². The number of nitrogen functional groups attached to an aromatic ring is 1. The lowest BCUT2D eigenvalue weighted by molar-refractivity contribution is 0.437. The number of phenolic OH excluding ortho intramolecular Hbond substituents is 1. The lowest BCUT2D eigenvalue weighted by Crippen LogP contribution is -1.86. The van der Waals surface area contributed by atoms with Gasteiger partial charge in [0.25, 0.3) is 0 Å². The lowest BCUT2D eigenvalue weighted by atomic mass is 10.1. The van der Waals surface area contributed by atoms with Crippen LogP contribution >= 0.6 is 0 Å². The molecule has 3 N–H and O–H groups in total. The number of hydrogen-bond acceptors (Lipinski definition) is 4. The van der Waals surface area contributed by atoms with Gasteiger partial charge in [0.05, 0.1) is 0 Å². The van der Waals surface area contributed by atoms with E-state index in [4.69, 9.17) is 5.73 Å². The Bertz CT molecular complexity index is 508. The van der Waals surface area contributed by atoms with Crippen LogP contribution in [0, 0.1) is 12.7 Å². The molecule has 0 bridgehead atoms. The molecule has 0 aliphatic rings. The smallest absolute Gasteiger partial charge is 0.222 e. The van der Waals surface area contributed by atoms with Gasteiger partial charge < -0.3 is 15.4 Å². The van der Waals surface area contributed by atoms with E-state index in [-0.39, 0.29) is 17.2 Å². The second kappa shape index (κ2) is 3.27. The molecule has 0 saturated heterocycles. The Morgan fingerprint density at radius 1 is 1.40 bits per heavy atom. The fraction of sp³-hybridized carbons (Fsp3) is 0.100. The van der Waals surface area contributed by atoms with Crippen molar-refractivity contribution in [3.05, 3.63) is 29.6 Å². The third-order valence-corrected chi connectivity index (χ3v) is 2.08. The van der Waals surface area contributed by atoms with E-state index in [1.165, 1.54) is 18.2 Å². The summed E-state index contributed by atoms with van der Waals surface area (Å²) < 4.78 is 17.9. The molecule has 0 unspecified atom stereocenters. The maximum Gasteiger partial charge on any atom is 0.222 e. The molecule has 2 aromatic rings. The minimum atomic E-state index is -0.413. The molecule has 0 spiro atoms. The summed E-state index contributed by atoms with van der Waals surface area (Å²) in [5.41, 5.74) is 6.27. The van der Waals surface area contributed by atoms with Crippen LogP contribution in [0.5, 0.6) is 5.75 Å². The molecule has 0 saturated carbocycles. The van der Waals surface area contributed by atoms with Crippen molar-refractivity contribution in [2.75, 3.05) is 5.73 Å². The second-order valence-corrected chi connectivity index (χ2v) is 3.23. The molecule has 5 heteroatoms. The standard InChI is InChI=1S/C10H9FN2O2/c1-5-2-9(14)6(3-7(5)11)8-4-10(12)15-13-8/h2-4,14H,12H2,1H3. The summed E-state index contributed by atoms with van der Waals surface area (Å²) in [6, 6.07) is 3.95. The number of hydrogen-bond donors (Lipinski definition) is 2. The van der Waals surface area contributed by atoms with Crippen LogP contribution in [0.15, 0.2) is 22.7 Å². The van der Waals surface area contributed by atoms with E-state index < -0.39 is 5.82 Å². The van der Waals surface area contributed by atoms with Crippen molar-refractivity contribution in [3.8, 4) is 17.0 Å². The van der Waals surface area contributed by atoms with Crippen LogP contribution in [-0.2, 0) is 0 Å². The number of aryl methyl sites for hydroxylation is 1. The Kier molecular flexibility index (Phi) is 2.07. The van der Waals surface area contributed by atoms with E-state index in [1.807, 2.05) is 0 Å². The predicted octanol–water partition coefficient (Wildman–Crippen LogP) is 2.08. The molecule has 1 heterocycles. The summed E-state index contributed by atoms with van der Waals surface area (Å²) in [5.74, 6) is -0.350. The molecule has 0 amide bonds. The van der Waals surface area contributed by atoms with E-state index in [0.717, 1.165) is 0 Å². The van der Waals surface area contributed by atoms with E-state index in [2.05, 4.69) is 9.68 Å². The fourth-order valence-corrected chi connectivity index (χ4v) is 1.29. The molecule has 4 nitrogen and oxygen atoms in total. The predicted molar refractivity (Wildman–Crippen MR) is 52.7 cm³/mol. The van der Waals surface area contributed by atoms with Crippen LogP contribution in [0.25, 0.3) is 11.3 Å². The Hall–Kier alpha value is -2.04. The summed E-state index contributed by atoms with van der Waals surface area (Å²) in [5, 5.41) is 13.2. The van der Waals surface area contributed by atoms with E-state index in [1.54, 1.807) is 6.92 Å². The van der Waals surface area contributed by atoms with Crippen LogP contribution in [-0.4, -0.2) is 10.3 Å². The Labute approximate surface area is 85.1 Å². The first-order valence-corrected chi connectivity index (χ1v) is 4.29. The van der Waals surface area contributed by atoms with Gasteiger partial charge in [-0.1, -0.05) is 5.16 Å². The Morgan fingerprint density at radius 3 is 2.73 bits per heavy atom. The largest absolute Gasteiger partial charge is 0.507 e. The first-order valence-electron chi connectivity index (χ1n) is 4.29. The molecule has 0 aliphatic carbocycles. The maximum absolute atomic E-state index is 13.3. The third-order valence-electron chi connectivity index (χ3n) is 2.08. The molecule has 0 fully saturated rings. The molecular weight excluding hydrogens is 199 g/mol. The number of aromatic nitrogens is 1. The normalized spacial score (nSPS) is 10.5.